The quantitative estimate of drug-likeness (QED) is 0.151. The molecule has 0 saturated carbocycles. The first-order valence-corrected chi connectivity index (χ1v) is 12.9. The van der Waals surface area contributed by atoms with Crippen molar-refractivity contribution in [3.63, 3.8) is 0 Å². The van der Waals surface area contributed by atoms with E-state index in [2.05, 4.69) is 47.8 Å². The van der Waals surface area contributed by atoms with Crippen molar-refractivity contribution in [1.82, 2.24) is 0 Å². The summed E-state index contributed by atoms with van der Waals surface area (Å²) in [5.41, 5.74) is -2.03. The van der Waals surface area contributed by atoms with Gasteiger partial charge in [0.15, 0.2) is 5.78 Å². The largest absolute Gasteiger partial charge is 0.457 e. The van der Waals surface area contributed by atoms with Crippen molar-refractivity contribution in [3.8, 4) is 0 Å². The highest BCUT2D eigenvalue weighted by molar-refractivity contribution is 5.95. The van der Waals surface area contributed by atoms with Crippen molar-refractivity contribution in [2.24, 2.45) is 11.3 Å². The average Bonchev–Trinajstić information content (AvgIpc) is 2.79. The lowest BCUT2D eigenvalue weighted by atomic mass is 9.70. The Morgan fingerprint density at radius 1 is 0.857 bits per heavy atom. The summed E-state index contributed by atoms with van der Waals surface area (Å²) in [6.45, 7) is 28.4. The lowest BCUT2D eigenvalue weighted by molar-refractivity contribution is -0.164. The lowest BCUT2D eigenvalue weighted by Gasteiger charge is -2.44. The summed E-state index contributed by atoms with van der Waals surface area (Å²) in [6.07, 6.45) is 5.65. The molecule has 0 radical (unpaired) electrons. The molecule has 3 atom stereocenters. The number of hydrogen-bond acceptors (Lipinski definition) is 6. The number of rotatable bonds is 19. The third-order valence-corrected chi connectivity index (χ3v) is 6.57. The van der Waals surface area contributed by atoms with Gasteiger partial charge in [-0.05, 0) is 84.6 Å². The minimum Gasteiger partial charge on any atom is -0.457 e. The Bertz CT molecular complexity index is 695. The van der Waals surface area contributed by atoms with Crippen molar-refractivity contribution in [3.05, 3.63) is 25.3 Å². The van der Waals surface area contributed by atoms with Crippen LogP contribution < -0.4 is 0 Å². The van der Waals surface area contributed by atoms with Crippen LogP contribution in [0.5, 0.6) is 0 Å². The molecule has 0 aromatic carbocycles. The predicted octanol–water partition coefficient (Wildman–Crippen LogP) is 6.47. The van der Waals surface area contributed by atoms with Crippen LogP contribution in [-0.4, -0.2) is 54.5 Å². The molecule has 0 aromatic rings. The summed E-state index contributed by atoms with van der Waals surface area (Å²) in [6, 6.07) is 0. The summed E-state index contributed by atoms with van der Waals surface area (Å²) in [7, 11) is 0. The van der Waals surface area contributed by atoms with E-state index in [-0.39, 0.29) is 23.9 Å². The Kier molecular flexibility index (Phi) is 13.7. The molecule has 0 saturated heterocycles. The molecule has 0 heterocycles. The maximum Gasteiger partial charge on any atom is 0.330 e. The van der Waals surface area contributed by atoms with Gasteiger partial charge in [-0.15, -0.1) is 0 Å². The van der Waals surface area contributed by atoms with E-state index >= 15 is 0 Å². The van der Waals surface area contributed by atoms with Gasteiger partial charge >= 0.3 is 5.97 Å². The molecular formula is C29H52O6. The number of ketones is 1. The van der Waals surface area contributed by atoms with Crippen molar-refractivity contribution in [2.45, 2.75) is 118 Å². The summed E-state index contributed by atoms with van der Waals surface area (Å²) >= 11 is 0. The molecule has 6 nitrogen and oxygen atoms in total. The van der Waals surface area contributed by atoms with E-state index in [0.717, 1.165) is 31.8 Å². The van der Waals surface area contributed by atoms with Gasteiger partial charge in [0, 0.05) is 6.08 Å². The maximum absolute atomic E-state index is 12.1. The van der Waals surface area contributed by atoms with Gasteiger partial charge in [-0.1, -0.05) is 40.9 Å². The smallest absolute Gasteiger partial charge is 0.330 e. The molecule has 0 aliphatic heterocycles. The minimum atomic E-state index is -0.942. The summed E-state index contributed by atoms with van der Waals surface area (Å²) in [5.74, 6) is -0.117. The Morgan fingerprint density at radius 2 is 1.46 bits per heavy atom. The number of carbonyl (C=O) groups excluding carboxylic acids is 2. The van der Waals surface area contributed by atoms with Crippen LogP contribution in [0.3, 0.4) is 0 Å². The van der Waals surface area contributed by atoms with Crippen molar-refractivity contribution >= 4 is 11.8 Å². The summed E-state index contributed by atoms with van der Waals surface area (Å²) in [4.78, 5) is 23.6. The SMILES string of the molecule is C=CC(=O)OC(C)COC(C)(CC)CC(CC)(COC(C)(C)COC(C)(C)C(=O)C=C)CC(C)C. The van der Waals surface area contributed by atoms with Crippen LogP contribution in [0.25, 0.3) is 0 Å². The van der Waals surface area contributed by atoms with Gasteiger partial charge in [-0.2, -0.15) is 0 Å². The highest BCUT2D eigenvalue weighted by Crippen LogP contribution is 2.42. The standard InChI is InChI=1S/C29H52O6/c1-13-24(30)27(10,11)34-20-26(8,9)33-21-29(16-4,17-22(5)6)19-28(12,15-3)32-18-23(7)35-25(31)14-2/h13-14,22-23H,1-2,15-21H2,3-12H3. The van der Waals surface area contributed by atoms with E-state index in [1.807, 2.05) is 20.8 Å². The molecule has 0 spiro atoms. The van der Waals surface area contributed by atoms with E-state index in [1.54, 1.807) is 13.8 Å². The molecule has 0 bridgehead atoms. The number of ether oxygens (including phenoxy) is 4. The Hall–Kier alpha value is -1.50. The zero-order valence-corrected chi connectivity index (χ0v) is 24.1. The van der Waals surface area contributed by atoms with Crippen LogP contribution in [0.15, 0.2) is 25.3 Å². The van der Waals surface area contributed by atoms with Crippen LogP contribution in [0.2, 0.25) is 0 Å². The molecule has 0 amide bonds. The van der Waals surface area contributed by atoms with Gasteiger partial charge in [0.05, 0.1) is 31.0 Å². The van der Waals surface area contributed by atoms with Crippen LogP contribution in [-0.2, 0) is 28.5 Å². The lowest BCUT2D eigenvalue weighted by Crippen LogP contribution is -2.45. The summed E-state index contributed by atoms with van der Waals surface area (Å²) < 4.78 is 24.0. The monoisotopic (exact) mass is 496 g/mol. The molecule has 6 heteroatoms. The van der Waals surface area contributed by atoms with Crippen LogP contribution >= 0.6 is 0 Å². The number of esters is 1. The molecule has 0 N–H and O–H groups in total. The molecule has 204 valence electrons. The van der Waals surface area contributed by atoms with E-state index in [1.165, 1.54) is 6.08 Å². The van der Waals surface area contributed by atoms with Crippen LogP contribution in [0, 0.1) is 11.3 Å². The second kappa shape index (κ2) is 14.3. The predicted molar refractivity (Wildman–Crippen MR) is 142 cm³/mol. The molecule has 35 heavy (non-hydrogen) atoms. The molecule has 0 rings (SSSR count). The molecule has 0 aliphatic carbocycles. The molecular weight excluding hydrogens is 444 g/mol. The number of hydrogen-bond donors (Lipinski definition) is 0. The fraction of sp³-hybridized carbons (Fsp3) is 0.793. The average molecular weight is 497 g/mol. The highest BCUT2D eigenvalue weighted by atomic mass is 16.6. The fourth-order valence-corrected chi connectivity index (χ4v) is 4.15. The van der Waals surface area contributed by atoms with Crippen LogP contribution in [0.1, 0.15) is 94.9 Å². The van der Waals surface area contributed by atoms with Gasteiger partial charge in [-0.3, -0.25) is 4.79 Å². The Morgan fingerprint density at radius 3 is 1.91 bits per heavy atom. The third kappa shape index (κ3) is 12.3. The molecule has 0 fully saturated rings. The van der Waals surface area contributed by atoms with Crippen molar-refractivity contribution < 1.29 is 28.5 Å². The second-order valence-corrected chi connectivity index (χ2v) is 11.6. The highest BCUT2D eigenvalue weighted by Gasteiger charge is 2.40. The Balaban J connectivity index is 5.48. The first-order valence-electron chi connectivity index (χ1n) is 12.9. The maximum atomic E-state index is 12.1. The van der Waals surface area contributed by atoms with Crippen molar-refractivity contribution in [2.75, 3.05) is 19.8 Å². The molecule has 0 aromatic heterocycles. The van der Waals surface area contributed by atoms with E-state index < -0.39 is 22.8 Å². The van der Waals surface area contributed by atoms with Gasteiger partial charge in [-0.25, -0.2) is 4.79 Å². The van der Waals surface area contributed by atoms with Gasteiger partial charge in [0.1, 0.15) is 11.7 Å². The minimum absolute atomic E-state index is 0.107. The zero-order valence-electron chi connectivity index (χ0n) is 24.1. The molecule has 3 unspecified atom stereocenters. The topological polar surface area (TPSA) is 71.1 Å². The fourth-order valence-electron chi connectivity index (χ4n) is 4.15. The first-order chi connectivity index (χ1) is 16.0. The summed E-state index contributed by atoms with van der Waals surface area (Å²) in [5, 5.41) is 0. The van der Waals surface area contributed by atoms with E-state index in [0.29, 0.717) is 19.1 Å². The molecule has 0 aliphatic rings. The van der Waals surface area contributed by atoms with Gasteiger partial charge in [0.2, 0.25) is 0 Å². The number of carbonyl (C=O) groups is 2. The zero-order chi connectivity index (χ0) is 27.5. The van der Waals surface area contributed by atoms with Gasteiger partial charge < -0.3 is 18.9 Å². The van der Waals surface area contributed by atoms with E-state index in [4.69, 9.17) is 18.9 Å². The Labute approximate surface area is 214 Å². The van der Waals surface area contributed by atoms with Gasteiger partial charge in [0.25, 0.3) is 0 Å². The first kappa shape index (κ1) is 33.5. The second-order valence-electron chi connectivity index (χ2n) is 11.6. The van der Waals surface area contributed by atoms with Crippen molar-refractivity contribution in [1.29, 1.82) is 0 Å². The van der Waals surface area contributed by atoms with E-state index in [9.17, 15) is 9.59 Å². The van der Waals surface area contributed by atoms with Crippen LogP contribution in [0.4, 0.5) is 0 Å². The normalized spacial score (nSPS) is 16.8. The third-order valence-electron chi connectivity index (χ3n) is 6.57.